The van der Waals surface area contributed by atoms with Gasteiger partial charge in [0.25, 0.3) is 5.91 Å². The van der Waals surface area contributed by atoms with E-state index >= 15 is 0 Å². The van der Waals surface area contributed by atoms with E-state index in [2.05, 4.69) is 26.2 Å². The van der Waals surface area contributed by atoms with Crippen molar-refractivity contribution in [3.05, 3.63) is 69.8 Å². The molecule has 0 fully saturated rings. The Kier molecular flexibility index (Phi) is 4.73. The molecule has 3 aromatic rings. The third-order valence-electron chi connectivity index (χ3n) is 3.31. The Balaban J connectivity index is 1.96. The SMILES string of the molecule is O=C(Nc1scc(-c2ccc(Br)cc2)c1C(=O)O)c1cccnc1. The maximum Gasteiger partial charge on any atom is 0.339 e. The first-order valence-electron chi connectivity index (χ1n) is 6.88. The van der Waals surface area contributed by atoms with Gasteiger partial charge in [0.15, 0.2) is 0 Å². The smallest absolute Gasteiger partial charge is 0.339 e. The summed E-state index contributed by atoms with van der Waals surface area (Å²) < 4.78 is 0.906. The van der Waals surface area contributed by atoms with Crippen molar-refractivity contribution < 1.29 is 14.7 Å². The normalized spacial score (nSPS) is 10.4. The molecule has 0 aliphatic heterocycles. The number of nitrogens with zero attached hydrogens (tertiary/aromatic N) is 1. The molecule has 2 heterocycles. The third kappa shape index (κ3) is 3.37. The number of thiophene rings is 1. The lowest BCUT2D eigenvalue weighted by atomic mass is 10.0. The number of carbonyl (C=O) groups is 2. The van der Waals surface area contributed by atoms with Crippen LogP contribution >= 0.6 is 27.3 Å². The number of aromatic carboxylic acids is 1. The van der Waals surface area contributed by atoms with Crippen molar-refractivity contribution in [2.45, 2.75) is 0 Å². The highest BCUT2D eigenvalue weighted by Crippen LogP contribution is 2.36. The van der Waals surface area contributed by atoms with E-state index in [4.69, 9.17) is 0 Å². The number of hydrogen-bond donors (Lipinski definition) is 2. The number of rotatable bonds is 4. The lowest BCUT2D eigenvalue weighted by Crippen LogP contribution is -2.13. The molecule has 5 nitrogen and oxygen atoms in total. The van der Waals surface area contributed by atoms with Crippen molar-refractivity contribution in [1.29, 1.82) is 0 Å². The zero-order valence-corrected chi connectivity index (χ0v) is 14.6. The first-order chi connectivity index (χ1) is 11.6. The quantitative estimate of drug-likeness (QED) is 0.671. The Labute approximate surface area is 150 Å². The number of carboxylic acids is 1. The molecular formula is C17H11BrN2O3S. The molecule has 0 saturated heterocycles. The van der Waals surface area contributed by atoms with Crippen molar-refractivity contribution in [2.75, 3.05) is 5.32 Å². The number of halogens is 1. The summed E-state index contributed by atoms with van der Waals surface area (Å²) in [6.45, 7) is 0. The van der Waals surface area contributed by atoms with E-state index < -0.39 is 11.9 Å². The van der Waals surface area contributed by atoms with Gasteiger partial charge in [-0.05, 0) is 29.8 Å². The topological polar surface area (TPSA) is 79.3 Å². The largest absolute Gasteiger partial charge is 0.478 e. The van der Waals surface area contributed by atoms with Crippen molar-refractivity contribution >= 4 is 44.1 Å². The van der Waals surface area contributed by atoms with E-state index in [0.29, 0.717) is 16.1 Å². The monoisotopic (exact) mass is 402 g/mol. The summed E-state index contributed by atoms with van der Waals surface area (Å²) in [6.07, 6.45) is 3.00. The highest BCUT2D eigenvalue weighted by Gasteiger charge is 2.21. The number of hydrogen-bond acceptors (Lipinski definition) is 4. The average molecular weight is 403 g/mol. The van der Waals surface area contributed by atoms with Gasteiger partial charge in [-0.2, -0.15) is 0 Å². The van der Waals surface area contributed by atoms with Gasteiger partial charge in [-0.25, -0.2) is 4.79 Å². The maximum absolute atomic E-state index is 12.2. The number of anilines is 1. The van der Waals surface area contributed by atoms with Crippen LogP contribution in [0.25, 0.3) is 11.1 Å². The molecule has 1 aromatic carbocycles. The van der Waals surface area contributed by atoms with E-state index in [0.717, 1.165) is 10.0 Å². The minimum absolute atomic E-state index is 0.0829. The fourth-order valence-corrected chi connectivity index (χ4v) is 3.40. The molecule has 0 radical (unpaired) electrons. The summed E-state index contributed by atoms with van der Waals surface area (Å²) in [6, 6.07) is 10.6. The summed E-state index contributed by atoms with van der Waals surface area (Å²) in [7, 11) is 0. The number of benzene rings is 1. The highest BCUT2D eigenvalue weighted by atomic mass is 79.9. The van der Waals surface area contributed by atoms with Gasteiger partial charge in [0.05, 0.1) is 5.56 Å². The van der Waals surface area contributed by atoms with Gasteiger partial charge in [-0.3, -0.25) is 9.78 Å². The molecule has 2 N–H and O–H groups in total. The Bertz CT molecular complexity index is 892. The number of aromatic nitrogens is 1. The molecule has 7 heteroatoms. The fraction of sp³-hybridized carbons (Fsp3) is 0. The van der Waals surface area contributed by atoms with Gasteiger partial charge in [0.1, 0.15) is 10.6 Å². The van der Waals surface area contributed by atoms with Crippen molar-refractivity contribution in [2.24, 2.45) is 0 Å². The van der Waals surface area contributed by atoms with E-state index in [1.165, 1.54) is 17.5 Å². The lowest BCUT2D eigenvalue weighted by molar-refractivity contribution is 0.0699. The van der Waals surface area contributed by atoms with Crippen LogP contribution in [0.15, 0.2) is 58.6 Å². The number of pyridine rings is 1. The average Bonchev–Trinajstić information content (AvgIpc) is 3.00. The Hall–Kier alpha value is -2.51. The van der Waals surface area contributed by atoms with Crippen LogP contribution in [0.3, 0.4) is 0 Å². The lowest BCUT2D eigenvalue weighted by Gasteiger charge is -2.06. The summed E-state index contributed by atoms with van der Waals surface area (Å²) in [5.74, 6) is -1.48. The molecule has 0 atom stereocenters. The molecule has 2 aromatic heterocycles. The summed E-state index contributed by atoms with van der Waals surface area (Å²) in [4.78, 5) is 27.8. The van der Waals surface area contributed by atoms with Gasteiger partial charge in [0, 0.05) is 27.8 Å². The van der Waals surface area contributed by atoms with Crippen LogP contribution in [-0.2, 0) is 0 Å². The molecule has 0 unspecified atom stereocenters. The molecule has 0 aliphatic carbocycles. The molecule has 0 aliphatic rings. The molecule has 1 amide bonds. The van der Waals surface area contributed by atoms with Gasteiger partial charge >= 0.3 is 5.97 Å². The molecule has 120 valence electrons. The second-order valence-electron chi connectivity index (χ2n) is 4.86. The maximum atomic E-state index is 12.2. The summed E-state index contributed by atoms with van der Waals surface area (Å²) >= 11 is 4.53. The second kappa shape index (κ2) is 6.94. The zero-order chi connectivity index (χ0) is 17.1. The number of carboxylic acid groups (broad SMARTS) is 1. The van der Waals surface area contributed by atoms with Crippen LogP contribution in [0.5, 0.6) is 0 Å². The molecule has 24 heavy (non-hydrogen) atoms. The summed E-state index contributed by atoms with van der Waals surface area (Å²) in [5.41, 5.74) is 1.79. The van der Waals surface area contributed by atoms with Gasteiger partial charge in [0.2, 0.25) is 0 Å². The zero-order valence-electron chi connectivity index (χ0n) is 12.2. The number of carbonyl (C=O) groups excluding carboxylic acids is 1. The van der Waals surface area contributed by atoms with Crippen molar-refractivity contribution in [1.82, 2.24) is 4.98 Å². The van der Waals surface area contributed by atoms with Gasteiger partial charge < -0.3 is 10.4 Å². The highest BCUT2D eigenvalue weighted by molar-refractivity contribution is 9.10. The predicted molar refractivity (Wildman–Crippen MR) is 96.6 cm³/mol. The third-order valence-corrected chi connectivity index (χ3v) is 4.74. The molecule has 0 saturated carbocycles. The first-order valence-corrected chi connectivity index (χ1v) is 8.55. The van der Waals surface area contributed by atoms with E-state index in [1.807, 2.05) is 24.3 Å². The van der Waals surface area contributed by atoms with E-state index in [-0.39, 0.29) is 5.56 Å². The predicted octanol–water partition coefficient (Wildman–Crippen LogP) is 4.52. The minimum atomic E-state index is -1.09. The Morgan fingerprint density at radius 2 is 1.92 bits per heavy atom. The number of amides is 1. The van der Waals surface area contributed by atoms with Gasteiger partial charge in [-0.1, -0.05) is 28.1 Å². The van der Waals surface area contributed by atoms with Crippen LogP contribution in [0.4, 0.5) is 5.00 Å². The molecule has 0 bridgehead atoms. The molecular weight excluding hydrogens is 392 g/mol. The van der Waals surface area contributed by atoms with Crippen LogP contribution in [0, 0.1) is 0 Å². The first kappa shape index (κ1) is 16.4. The van der Waals surface area contributed by atoms with Crippen LogP contribution in [0.2, 0.25) is 0 Å². The summed E-state index contributed by atoms with van der Waals surface area (Å²) in [5, 5.41) is 14.3. The van der Waals surface area contributed by atoms with Crippen LogP contribution < -0.4 is 5.32 Å². The Morgan fingerprint density at radius 3 is 2.54 bits per heavy atom. The van der Waals surface area contributed by atoms with Crippen molar-refractivity contribution in [3.63, 3.8) is 0 Å². The van der Waals surface area contributed by atoms with Crippen LogP contribution in [0.1, 0.15) is 20.7 Å². The molecule has 3 rings (SSSR count). The molecule has 0 spiro atoms. The number of nitrogens with one attached hydrogen (secondary N) is 1. The van der Waals surface area contributed by atoms with Crippen LogP contribution in [-0.4, -0.2) is 22.0 Å². The van der Waals surface area contributed by atoms with Crippen molar-refractivity contribution in [3.8, 4) is 11.1 Å². The Morgan fingerprint density at radius 1 is 1.17 bits per heavy atom. The van der Waals surface area contributed by atoms with E-state index in [1.54, 1.807) is 23.7 Å². The van der Waals surface area contributed by atoms with Gasteiger partial charge in [-0.15, -0.1) is 11.3 Å². The van der Waals surface area contributed by atoms with E-state index in [9.17, 15) is 14.7 Å². The second-order valence-corrected chi connectivity index (χ2v) is 6.66. The fourth-order valence-electron chi connectivity index (χ4n) is 2.18. The minimum Gasteiger partial charge on any atom is -0.478 e. The standard InChI is InChI=1S/C17H11BrN2O3S/c18-12-5-3-10(4-6-12)13-9-24-16(14(13)17(22)23)20-15(21)11-2-1-7-19-8-11/h1-9H,(H,20,21)(H,22,23).